The van der Waals surface area contributed by atoms with E-state index in [-0.39, 0.29) is 11.5 Å². The highest BCUT2D eigenvalue weighted by atomic mass is 32.2. The standard InChI is InChI=1S/C25H31N5O3S/c1-33-22-16-23(31)30-15-14-28(17-19-4-6-20(34-2)7-5-19)12-8-21(30)24(22)25(32)27-9-3-11-29-13-10-26-18-29/h4-7,10,13,16,18H,3,8-9,11-12,14-15,17H2,1-2H3,(H,27,32). The fourth-order valence-electron chi connectivity index (χ4n) is 4.32. The minimum absolute atomic E-state index is 0.130. The van der Waals surface area contributed by atoms with Crippen LogP contribution >= 0.6 is 11.8 Å². The van der Waals surface area contributed by atoms with E-state index in [2.05, 4.69) is 45.7 Å². The van der Waals surface area contributed by atoms with Gasteiger partial charge in [0.1, 0.15) is 11.3 Å². The second-order valence-electron chi connectivity index (χ2n) is 8.31. The molecule has 1 aliphatic heterocycles. The van der Waals surface area contributed by atoms with Crippen LogP contribution in [0.4, 0.5) is 0 Å². The number of pyridine rings is 1. The number of rotatable bonds is 9. The second kappa shape index (κ2) is 11.4. The molecule has 1 amide bonds. The van der Waals surface area contributed by atoms with Gasteiger partial charge in [-0.15, -0.1) is 11.8 Å². The van der Waals surface area contributed by atoms with Crippen molar-refractivity contribution in [2.24, 2.45) is 0 Å². The molecule has 3 heterocycles. The topological polar surface area (TPSA) is 81.4 Å². The molecule has 1 aromatic carbocycles. The molecule has 2 aromatic heterocycles. The van der Waals surface area contributed by atoms with E-state index in [0.717, 1.165) is 38.3 Å². The molecular weight excluding hydrogens is 450 g/mol. The van der Waals surface area contributed by atoms with Crippen molar-refractivity contribution in [1.29, 1.82) is 0 Å². The minimum atomic E-state index is -0.202. The number of hydrogen-bond donors (Lipinski definition) is 1. The molecule has 1 N–H and O–H groups in total. The van der Waals surface area contributed by atoms with Crippen LogP contribution in [-0.2, 0) is 26.1 Å². The maximum atomic E-state index is 13.2. The van der Waals surface area contributed by atoms with E-state index in [0.29, 0.717) is 30.8 Å². The number of aryl methyl sites for hydroxylation is 1. The first-order valence-corrected chi connectivity index (χ1v) is 12.7. The minimum Gasteiger partial charge on any atom is -0.496 e. The van der Waals surface area contributed by atoms with Gasteiger partial charge in [-0.25, -0.2) is 4.98 Å². The number of thioether (sulfide) groups is 1. The summed E-state index contributed by atoms with van der Waals surface area (Å²) >= 11 is 1.73. The van der Waals surface area contributed by atoms with Crippen LogP contribution in [0, 0.1) is 0 Å². The third-order valence-corrected chi connectivity index (χ3v) is 6.88. The van der Waals surface area contributed by atoms with E-state index in [1.54, 1.807) is 28.9 Å². The molecule has 180 valence electrons. The van der Waals surface area contributed by atoms with Crippen LogP contribution in [0.5, 0.6) is 5.75 Å². The lowest BCUT2D eigenvalue weighted by molar-refractivity contribution is 0.0947. The van der Waals surface area contributed by atoms with E-state index in [1.165, 1.54) is 23.6 Å². The van der Waals surface area contributed by atoms with Crippen molar-refractivity contribution in [3.63, 3.8) is 0 Å². The highest BCUT2D eigenvalue weighted by molar-refractivity contribution is 7.98. The number of carbonyl (C=O) groups is 1. The third-order valence-electron chi connectivity index (χ3n) is 6.14. The molecule has 4 rings (SSSR count). The van der Waals surface area contributed by atoms with Crippen molar-refractivity contribution in [1.82, 2.24) is 24.3 Å². The van der Waals surface area contributed by atoms with Crippen LogP contribution in [0.2, 0.25) is 0 Å². The predicted molar refractivity (Wildman–Crippen MR) is 134 cm³/mol. The molecule has 0 radical (unpaired) electrons. The Hall–Kier alpha value is -3.04. The lowest BCUT2D eigenvalue weighted by Crippen LogP contribution is -2.32. The van der Waals surface area contributed by atoms with Crippen molar-refractivity contribution in [3.05, 3.63) is 76.2 Å². The molecule has 0 aliphatic carbocycles. The van der Waals surface area contributed by atoms with Gasteiger partial charge >= 0.3 is 0 Å². The largest absolute Gasteiger partial charge is 0.496 e. The van der Waals surface area contributed by atoms with Gasteiger partial charge in [0.25, 0.3) is 11.5 Å². The molecule has 0 saturated heterocycles. The van der Waals surface area contributed by atoms with E-state index in [4.69, 9.17) is 4.74 Å². The number of fused-ring (bicyclic) bond motifs is 1. The molecule has 0 saturated carbocycles. The van der Waals surface area contributed by atoms with Crippen molar-refractivity contribution >= 4 is 17.7 Å². The maximum absolute atomic E-state index is 13.2. The van der Waals surface area contributed by atoms with Crippen LogP contribution in [0.1, 0.15) is 28.0 Å². The van der Waals surface area contributed by atoms with Crippen LogP contribution in [0.25, 0.3) is 0 Å². The molecule has 0 unspecified atom stereocenters. The maximum Gasteiger partial charge on any atom is 0.256 e. The molecule has 0 fully saturated rings. The zero-order chi connectivity index (χ0) is 23.9. The fraction of sp³-hybridized carbons (Fsp3) is 0.400. The number of aromatic nitrogens is 3. The van der Waals surface area contributed by atoms with Crippen molar-refractivity contribution in [2.75, 3.05) is 33.0 Å². The first kappa shape index (κ1) is 24.1. The van der Waals surface area contributed by atoms with Crippen LogP contribution < -0.4 is 15.6 Å². The highest BCUT2D eigenvalue weighted by Crippen LogP contribution is 2.23. The molecule has 9 heteroatoms. The Balaban J connectivity index is 1.46. The van der Waals surface area contributed by atoms with Crippen molar-refractivity contribution in [2.45, 2.75) is 37.4 Å². The molecule has 1 aliphatic rings. The van der Waals surface area contributed by atoms with Gasteiger partial charge in [-0.1, -0.05) is 12.1 Å². The van der Waals surface area contributed by atoms with Gasteiger partial charge in [-0.05, 0) is 30.4 Å². The quantitative estimate of drug-likeness (QED) is 0.374. The van der Waals surface area contributed by atoms with Gasteiger partial charge in [0.15, 0.2) is 0 Å². The summed E-state index contributed by atoms with van der Waals surface area (Å²) in [4.78, 5) is 33.6. The summed E-state index contributed by atoms with van der Waals surface area (Å²) in [5.41, 5.74) is 2.33. The number of carbonyl (C=O) groups excluding carboxylic acids is 1. The monoisotopic (exact) mass is 481 g/mol. The van der Waals surface area contributed by atoms with Crippen molar-refractivity contribution in [3.8, 4) is 5.75 Å². The number of ether oxygens (including phenoxy) is 1. The number of methoxy groups -OCH3 is 1. The Morgan fingerprint density at radius 1 is 1.21 bits per heavy atom. The summed E-state index contributed by atoms with van der Waals surface area (Å²) in [7, 11) is 1.50. The van der Waals surface area contributed by atoms with E-state index in [1.807, 2.05) is 10.8 Å². The van der Waals surface area contributed by atoms with Gasteiger partial charge in [0.05, 0.1) is 13.4 Å². The molecule has 3 aromatic rings. The van der Waals surface area contributed by atoms with Gasteiger partial charge in [0, 0.05) is 74.7 Å². The summed E-state index contributed by atoms with van der Waals surface area (Å²) in [5, 5.41) is 3.00. The summed E-state index contributed by atoms with van der Waals surface area (Å²) in [6, 6.07) is 10.0. The number of imidazole rings is 1. The van der Waals surface area contributed by atoms with Crippen LogP contribution in [0.15, 0.2) is 58.7 Å². The molecule has 8 nitrogen and oxygen atoms in total. The normalized spacial score (nSPS) is 13.8. The lowest BCUT2D eigenvalue weighted by Gasteiger charge is -2.19. The van der Waals surface area contributed by atoms with Gasteiger partial charge in [-0.3, -0.25) is 14.5 Å². The fourth-order valence-corrected chi connectivity index (χ4v) is 4.73. The zero-order valence-electron chi connectivity index (χ0n) is 19.7. The first-order valence-electron chi connectivity index (χ1n) is 11.5. The summed E-state index contributed by atoms with van der Waals surface area (Å²) < 4.78 is 9.17. The van der Waals surface area contributed by atoms with Crippen LogP contribution in [0.3, 0.4) is 0 Å². The molecule has 0 bridgehead atoms. The zero-order valence-corrected chi connectivity index (χ0v) is 20.5. The van der Waals surface area contributed by atoms with Crippen molar-refractivity contribution < 1.29 is 9.53 Å². The van der Waals surface area contributed by atoms with Crippen LogP contribution in [-0.4, -0.2) is 57.9 Å². The SMILES string of the molecule is COc1cc(=O)n2c(c1C(=O)NCCCn1ccnc1)CCN(Cc1ccc(SC)cc1)CC2. The van der Waals surface area contributed by atoms with E-state index >= 15 is 0 Å². The molecule has 0 spiro atoms. The number of nitrogens with zero attached hydrogens (tertiary/aromatic N) is 4. The molecule has 34 heavy (non-hydrogen) atoms. The number of hydrogen-bond acceptors (Lipinski definition) is 6. The first-order chi connectivity index (χ1) is 16.6. The number of benzene rings is 1. The Kier molecular flexibility index (Phi) is 8.08. The highest BCUT2D eigenvalue weighted by Gasteiger charge is 2.25. The predicted octanol–water partition coefficient (Wildman–Crippen LogP) is 2.65. The Labute approximate surface area is 203 Å². The number of amides is 1. The van der Waals surface area contributed by atoms with E-state index < -0.39 is 0 Å². The summed E-state index contributed by atoms with van der Waals surface area (Å²) in [6.45, 7) is 4.16. The Bertz CT molecular complexity index is 1160. The smallest absolute Gasteiger partial charge is 0.256 e. The van der Waals surface area contributed by atoms with E-state index in [9.17, 15) is 9.59 Å². The average Bonchev–Trinajstić information content (AvgIpc) is 3.29. The number of nitrogens with one attached hydrogen (secondary N) is 1. The molecular formula is C25H31N5O3S. The van der Waals surface area contributed by atoms with Gasteiger partial charge < -0.3 is 19.2 Å². The van der Waals surface area contributed by atoms with Gasteiger partial charge in [-0.2, -0.15) is 0 Å². The molecule has 0 atom stereocenters. The lowest BCUT2D eigenvalue weighted by atomic mass is 10.1. The Morgan fingerprint density at radius 3 is 2.74 bits per heavy atom. The second-order valence-corrected chi connectivity index (χ2v) is 9.19. The van der Waals surface area contributed by atoms with Gasteiger partial charge in [0.2, 0.25) is 0 Å². The summed E-state index contributed by atoms with van der Waals surface area (Å²) in [6.07, 6.45) is 8.85. The average molecular weight is 482 g/mol. The Morgan fingerprint density at radius 2 is 2.03 bits per heavy atom. The third kappa shape index (κ3) is 5.71. The summed E-state index contributed by atoms with van der Waals surface area (Å²) in [5.74, 6) is 0.136.